The van der Waals surface area contributed by atoms with Crippen LogP contribution in [0.5, 0.6) is 5.06 Å². The second kappa shape index (κ2) is 6.80. The smallest absolute Gasteiger partial charge is 0.174 e. The lowest BCUT2D eigenvalue weighted by molar-refractivity contribution is 0.239. The summed E-state index contributed by atoms with van der Waals surface area (Å²) < 4.78 is 8.76. The number of thiophene rings is 2. The quantitative estimate of drug-likeness (QED) is 0.470. The van der Waals surface area contributed by atoms with Crippen LogP contribution in [-0.4, -0.2) is 6.61 Å². The molecule has 2 heterocycles. The van der Waals surface area contributed by atoms with Crippen LogP contribution in [0.4, 0.5) is 0 Å². The Labute approximate surface area is 134 Å². The average Bonchev–Trinajstić information content (AvgIpc) is 3.10. The predicted molar refractivity (Wildman–Crippen MR) is 96.0 cm³/mol. The van der Waals surface area contributed by atoms with Crippen LogP contribution in [0.2, 0.25) is 0 Å². The van der Waals surface area contributed by atoms with E-state index in [-0.39, 0.29) is 0 Å². The van der Waals surface area contributed by atoms with Gasteiger partial charge in [-0.25, -0.2) is 0 Å². The minimum absolute atomic E-state index is 0.693. The van der Waals surface area contributed by atoms with E-state index < -0.39 is 0 Å². The third kappa shape index (κ3) is 3.41. The molecule has 0 aliphatic heterocycles. The summed E-state index contributed by atoms with van der Waals surface area (Å²) in [7, 11) is 0. The summed E-state index contributed by atoms with van der Waals surface area (Å²) in [4.78, 5) is 0. The van der Waals surface area contributed by atoms with Crippen LogP contribution in [-0.2, 0) is 0 Å². The van der Waals surface area contributed by atoms with Crippen molar-refractivity contribution in [3.05, 3.63) is 29.6 Å². The molecule has 2 aromatic heterocycles. The Kier molecular flexibility index (Phi) is 4.81. The average molecular weight is 319 g/mol. The Hall–Kier alpha value is -1.06. The molecule has 3 aromatic rings. The van der Waals surface area contributed by atoms with E-state index in [0.717, 1.165) is 11.7 Å². The molecule has 0 spiro atoms. The Bertz CT molecular complexity index is 662. The van der Waals surface area contributed by atoms with E-state index in [4.69, 9.17) is 4.74 Å². The number of benzene rings is 1. The number of hydrogen-bond acceptors (Lipinski definition) is 3. The maximum absolute atomic E-state index is 6.07. The van der Waals surface area contributed by atoms with Crippen molar-refractivity contribution >= 4 is 42.8 Å². The minimum atomic E-state index is 0.693. The van der Waals surface area contributed by atoms with Crippen molar-refractivity contribution in [1.82, 2.24) is 0 Å². The summed E-state index contributed by atoms with van der Waals surface area (Å²) in [5.41, 5.74) is 0. The fourth-order valence-corrected chi connectivity index (χ4v) is 4.41. The van der Waals surface area contributed by atoms with Crippen molar-refractivity contribution in [2.24, 2.45) is 5.92 Å². The van der Waals surface area contributed by atoms with Gasteiger partial charge in [-0.2, -0.15) is 0 Å². The van der Waals surface area contributed by atoms with Gasteiger partial charge in [-0.05, 0) is 52.8 Å². The summed E-state index contributed by atoms with van der Waals surface area (Å²) >= 11 is 3.58. The Morgan fingerprint density at radius 1 is 1.10 bits per heavy atom. The predicted octanol–water partition coefficient (Wildman–Crippen LogP) is 6.71. The van der Waals surface area contributed by atoms with Crippen LogP contribution in [0.25, 0.3) is 20.2 Å². The molecule has 0 aliphatic rings. The van der Waals surface area contributed by atoms with Gasteiger partial charge in [0.1, 0.15) is 0 Å². The molecular weight excluding hydrogens is 296 g/mol. The molecule has 0 saturated carbocycles. The zero-order valence-corrected chi connectivity index (χ0v) is 14.4. The molecule has 3 rings (SSSR count). The van der Waals surface area contributed by atoms with Crippen LogP contribution >= 0.6 is 22.7 Å². The van der Waals surface area contributed by atoms with Gasteiger partial charge in [0.05, 0.1) is 6.61 Å². The first-order valence-electron chi connectivity index (χ1n) is 7.83. The van der Waals surface area contributed by atoms with Gasteiger partial charge >= 0.3 is 0 Å². The lowest BCUT2D eigenvalue weighted by atomic mass is 10.0. The maximum Gasteiger partial charge on any atom is 0.174 e. The summed E-state index contributed by atoms with van der Waals surface area (Å²) in [6.07, 6.45) is 5.08. The minimum Gasteiger partial charge on any atom is -0.484 e. The Morgan fingerprint density at radius 3 is 2.76 bits per heavy atom. The summed E-state index contributed by atoms with van der Waals surface area (Å²) in [5.74, 6) is 0.693. The van der Waals surface area contributed by atoms with E-state index in [1.165, 1.54) is 45.9 Å². The molecule has 21 heavy (non-hydrogen) atoms. The van der Waals surface area contributed by atoms with E-state index >= 15 is 0 Å². The summed E-state index contributed by atoms with van der Waals surface area (Å²) in [6, 6.07) is 8.96. The molecule has 1 unspecified atom stereocenters. The van der Waals surface area contributed by atoms with E-state index in [0.29, 0.717) is 5.92 Å². The van der Waals surface area contributed by atoms with E-state index in [1.807, 2.05) is 0 Å². The zero-order chi connectivity index (χ0) is 14.7. The molecular formula is C18H22OS2. The van der Waals surface area contributed by atoms with Crippen LogP contribution in [0.15, 0.2) is 29.6 Å². The van der Waals surface area contributed by atoms with Gasteiger partial charge in [-0.1, -0.05) is 44.4 Å². The van der Waals surface area contributed by atoms with E-state index in [9.17, 15) is 0 Å². The number of hydrogen-bond donors (Lipinski definition) is 0. The molecule has 0 radical (unpaired) electrons. The van der Waals surface area contributed by atoms with Crippen molar-refractivity contribution in [2.45, 2.75) is 39.5 Å². The third-order valence-electron chi connectivity index (χ3n) is 4.07. The number of unbranched alkanes of at least 4 members (excludes halogenated alkanes) is 1. The molecule has 1 atom stereocenters. The molecule has 1 nitrogen and oxygen atoms in total. The molecule has 0 saturated heterocycles. The second-order valence-corrected chi connectivity index (χ2v) is 7.64. The molecule has 0 aliphatic carbocycles. The van der Waals surface area contributed by atoms with Crippen molar-refractivity contribution in [3.63, 3.8) is 0 Å². The highest BCUT2D eigenvalue weighted by atomic mass is 32.1. The largest absolute Gasteiger partial charge is 0.484 e. The number of fused-ring (bicyclic) bond motifs is 2. The highest BCUT2D eigenvalue weighted by molar-refractivity contribution is 7.21. The monoisotopic (exact) mass is 318 g/mol. The Morgan fingerprint density at radius 2 is 1.95 bits per heavy atom. The van der Waals surface area contributed by atoms with Crippen LogP contribution in [0.1, 0.15) is 39.5 Å². The molecule has 3 heteroatoms. The van der Waals surface area contributed by atoms with Gasteiger partial charge in [0.2, 0.25) is 0 Å². The topological polar surface area (TPSA) is 9.23 Å². The zero-order valence-electron chi connectivity index (χ0n) is 12.7. The van der Waals surface area contributed by atoms with Crippen molar-refractivity contribution in [1.29, 1.82) is 0 Å². The molecule has 1 aromatic carbocycles. The third-order valence-corrected chi connectivity index (χ3v) is 5.96. The first-order chi connectivity index (χ1) is 10.3. The fourth-order valence-electron chi connectivity index (χ4n) is 2.64. The fraction of sp³-hybridized carbons (Fsp3) is 0.444. The molecule has 0 N–H and O–H groups in total. The number of ether oxygens (including phenoxy) is 1. The highest BCUT2D eigenvalue weighted by Gasteiger charge is 2.09. The van der Waals surface area contributed by atoms with Crippen molar-refractivity contribution in [2.75, 3.05) is 6.61 Å². The van der Waals surface area contributed by atoms with Crippen LogP contribution in [0.3, 0.4) is 0 Å². The molecule has 112 valence electrons. The molecule has 0 bridgehead atoms. The standard InChI is InChI=1S/C18H22OS2/c1-3-5-6-13(4-2)12-19-18-11-15-10-16-14(7-8-20-16)9-17(15)21-18/h7-11,13H,3-6,12H2,1-2H3. The van der Waals surface area contributed by atoms with Gasteiger partial charge in [-0.15, -0.1) is 11.3 Å². The second-order valence-electron chi connectivity index (χ2n) is 5.64. The highest BCUT2D eigenvalue weighted by Crippen LogP contribution is 2.36. The Balaban J connectivity index is 1.71. The van der Waals surface area contributed by atoms with Gasteiger partial charge in [0, 0.05) is 9.40 Å². The van der Waals surface area contributed by atoms with Crippen molar-refractivity contribution < 1.29 is 4.74 Å². The van der Waals surface area contributed by atoms with Gasteiger partial charge < -0.3 is 4.74 Å². The van der Waals surface area contributed by atoms with E-state index in [2.05, 4.69) is 43.5 Å². The van der Waals surface area contributed by atoms with E-state index in [1.54, 1.807) is 22.7 Å². The SMILES string of the molecule is CCCCC(CC)COc1cc2cc3sccc3cc2s1. The van der Waals surface area contributed by atoms with Crippen molar-refractivity contribution in [3.8, 4) is 5.06 Å². The summed E-state index contributed by atoms with van der Waals surface area (Å²) in [5, 5.41) is 5.88. The maximum atomic E-state index is 6.07. The molecule has 0 amide bonds. The normalized spacial score (nSPS) is 13.0. The van der Waals surface area contributed by atoms with Gasteiger partial charge in [-0.3, -0.25) is 0 Å². The lowest BCUT2D eigenvalue weighted by Gasteiger charge is -2.14. The number of rotatable bonds is 7. The summed E-state index contributed by atoms with van der Waals surface area (Å²) in [6.45, 7) is 5.38. The first kappa shape index (κ1) is 14.9. The lowest BCUT2D eigenvalue weighted by Crippen LogP contribution is -2.10. The van der Waals surface area contributed by atoms with Gasteiger partial charge in [0.25, 0.3) is 0 Å². The molecule has 0 fully saturated rings. The first-order valence-corrected chi connectivity index (χ1v) is 9.53. The van der Waals surface area contributed by atoms with Crippen LogP contribution in [0, 0.1) is 5.92 Å². The van der Waals surface area contributed by atoms with Crippen LogP contribution < -0.4 is 4.74 Å². The van der Waals surface area contributed by atoms with Gasteiger partial charge in [0.15, 0.2) is 5.06 Å².